The summed E-state index contributed by atoms with van der Waals surface area (Å²) in [7, 11) is 0. The molecule has 0 bridgehead atoms. The Kier molecular flexibility index (Phi) is 5.14. The van der Waals surface area contributed by atoms with Gasteiger partial charge in [0.2, 0.25) is 0 Å². The maximum Gasteiger partial charge on any atom is -0.0325 e. The summed E-state index contributed by atoms with van der Waals surface area (Å²) in [5.74, 6) is 0.916. The zero-order valence-electron chi connectivity index (χ0n) is 8.39. The van der Waals surface area contributed by atoms with Crippen LogP contribution in [-0.2, 0) is 0 Å². The highest BCUT2D eigenvalue weighted by atomic mass is 14.1. The minimum Gasteiger partial charge on any atom is -0.0885 e. The van der Waals surface area contributed by atoms with Gasteiger partial charge in [-0.1, -0.05) is 51.2 Å². The van der Waals surface area contributed by atoms with Crippen molar-refractivity contribution in [2.24, 2.45) is 5.92 Å². The van der Waals surface area contributed by atoms with Crippen molar-refractivity contribution < 1.29 is 0 Å². The van der Waals surface area contributed by atoms with Crippen LogP contribution in [0.1, 0.15) is 58.3 Å². The van der Waals surface area contributed by atoms with Gasteiger partial charge in [-0.25, -0.2) is 0 Å². The monoisotopic (exact) mass is 166 g/mol. The van der Waals surface area contributed by atoms with E-state index >= 15 is 0 Å². The van der Waals surface area contributed by atoms with Gasteiger partial charge in [0.05, 0.1) is 0 Å². The fourth-order valence-electron chi connectivity index (χ4n) is 1.85. The fraction of sp³-hybridized carbons (Fsp3) is 0.833. The molecule has 0 aromatic rings. The number of hydrogen-bond acceptors (Lipinski definition) is 0. The van der Waals surface area contributed by atoms with Gasteiger partial charge in [0.15, 0.2) is 0 Å². The second-order valence-corrected chi connectivity index (χ2v) is 4.16. The van der Waals surface area contributed by atoms with Crippen molar-refractivity contribution >= 4 is 0 Å². The highest BCUT2D eigenvalue weighted by molar-refractivity contribution is 4.83. The van der Waals surface area contributed by atoms with E-state index in [1.165, 1.54) is 51.4 Å². The predicted molar refractivity (Wildman–Crippen MR) is 55.2 cm³/mol. The van der Waals surface area contributed by atoms with E-state index in [1.807, 2.05) is 0 Å². The molecule has 1 unspecified atom stereocenters. The third-order valence-electron chi connectivity index (χ3n) is 2.77. The molecule has 0 nitrogen and oxygen atoms in total. The van der Waals surface area contributed by atoms with Crippen molar-refractivity contribution in [3.05, 3.63) is 12.2 Å². The molecule has 1 aliphatic rings. The van der Waals surface area contributed by atoms with Crippen molar-refractivity contribution in [3.63, 3.8) is 0 Å². The summed E-state index contributed by atoms with van der Waals surface area (Å²) in [5, 5.41) is 0. The van der Waals surface area contributed by atoms with Gasteiger partial charge in [0.25, 0.3) is 0 Å². The molecule has 0 spiro atoms. The Bertz CT molecular complexity index is 124. The molecule has 1 aliphatic carbocycles. The van der Waals surface area contributed by atoms with Crippen LogP contribution in [0.15, 0.2) is 12.2 Å². The highest BCUT2D eigenvalue weighted by Crippen LogP contribution is 2.16. The molecule has 0 amide bonds. The van der Waals surface area contributed by atoms with Gasteiger partial charge in [-0.15, -0.1) is 0 Å². The lowest BCUT2D eigenvalue weighted by Crippen LogP contribution is -1.91. The highest BCUT2D eigenvalue weighted by Gasteiger charge is 2.00. The lowest BCUT2D eigenvalue weighted by atomic mass is 10.00. The average Bonchev–Trinajstić information content (AvgIpc) is 2.11. The standard InChI is InChI=1S/C12H22/c1-12-10-8-6-4-2-3-5-7-9-11-12/h6,8,12H,2-5,7,9-11H2,1H3/b8-6+. The molecule has 70 valence electrons. The minimum absolute atomic E-state index is 0.916. The Morgan fingerprint density at radius 2 is 1.67 bits per heavy atom. The first kappa shape index (κ1) is 9.83. The molecule has 0 saturated carbocycles. The van der Waals surface area contributed by atoms with Crippen LogP contribution in [0.2, 0.25) is 0 Å². The lowest BCUT2D eigenvalue weighted by Gasteiger charge is -2.06. The molecule has 0 aliphatic heterocycles. The van der Waals surface area contributed by atoms with Crippen molar-refractivity contribution in [3.8, 4) is 0 Å². The van der Waals surface area contributed by atoms with E-state index in [0.29, 0.717) is 0 Å². The van der Waals surface area contributed by atoms with E-state index in [1.54, 1.807) is 0 Å². The smallest absolute Gasteiger partial charge is 0.0325 e. The van der Waals surface area contributed by atoms with Crippen molar-refractivity contribution in [1.82, 2.24) is 0 Å². The lowest BCUT2D eigenvalue weighted by molar-refractivity contribution is 0.492. The summed E-state index contributed by atoms with van der Waals surface area (Å²) in [5.41, 5.74) is 0. The largest absolute Gasteiger partial charge is 0.0885 e. The van der Waals surface area contributed by atoms with E-state index in [2.05, 4.69) is 19.1 Å². The first-order valence-electron chi connectivity index (χ1n) is 5.54. The summed E-state index contributed by atoms with van der Waals surface area (Å²) in [6.45, 7) is 2.38. The van der Waals surface area contributed by atoms with Gasteiger partial charge >= 0.3 is 0 Å². The normalized spacial score (nSPS) is 30.6. The molecule has 0 N–H and O–H groups in total. The van der Waals surface area contributed by atoms with Crippen LogP contribution >= 0.6 is 0 Å². The Morgan fingerprint density at radius 3 is 2.58 bits per heavy atom. The molecule has 0 fully saturated rings. The van der Waals surface area contributed by atoms with E-state index in [-0.39, 0.29) is 0 Å². The molecule has 1 atom stereocenters. The van der Waals surface area contributed by atoms with Crippen LogP contribution in [0.3, 0.4) is 0 Å². The summed E-state index contributed by atoms with van der Waals surface area (Å²) in [6.07, 6.45) is 16.0. The van der Waals surface area contributed by atoms with Crippen LogP contribution in [0.25, 0.3) is 0 Å². The van der Waals surface area contributed by atoms with E-state index in [4.69, 9.17) is 0 Å². The van der Waals surface area contributed by atoms with Gasteiger partial charge in [0.1, 0.15) is 0 Å². The number of rotatable bonds is 0. The number of allylic oxidation sites excluding steroid dienone is 2. The van der Waals surface area contributed by atoms with Crippen molar-refractivity contribution in [2.45, 2.75) is 58.3 Å². The molecule has 0 heterocycles. The average molecular weight is 166 g/mol. The third-order valence-corrected chi connectivity index (χ3v) is 2.77. The Hall–Kier alpha value is -0.260. The first-order valence-corrected chi connectivity index (χ1v) is 5.54. The Morgan fingerprint density at radius 1 is 0.917 bits per heavy atom. The van der Waals surface area contributed by atoms with E-state index in [9.17, 15) is 0 Å². The maximum atomic E-state index is 2.38. The fourth-order valence-corrected chi connectivity index (χ4v) is 1.85. The van der Waals surface area contributed by atoms with Crippen LogP contribution in [-0.4, -0.2) is 0 Å². The zero-order valence-corrected chi connectivity index (χ0v) is 8.39. The minimum atomic E-state index is 0.916. The maximum absolute atomic E-state index is 2.38. The molecule has 0 aromatic heterocycles. The van der Waals surface area contributed by atoms with Gasteiger partial charge in [-0.05, 0) is 25.2 Å². The third kappa shape index (κ3) is 4.58. The summed E-state index contributed by atoms with van der Waals surface area (Å²) in [6, 6.07) is 0. The SMILES string of the molecule is CC1C/C=C/CCCCCCC1. The summed E-state index contributed by atoms with van der Waals surface area (Å²) in [4.78, 5) is 0. The van der Waals surface area contributed by atoms with Gasteiger partial charge in [-0.3, -0.25) is 0 Å². The van der Waals surface area contributed by atoms with Gasteiger partial charge in [-0.2, -0.15) is 0 Å². The second kappa shape index (κ2) is 6.28. The molecular formula is C12H22. The molecule has 1 rings (SSSR count). The first-order chi connectivity index (χ1) is 5.89. The molecule has 0 saturated heterocycles. The Balaban J connectivity index is 2.23. The van der Waals surface area contributed by atoms with Gasteiger partial charge < -0.3 is 0 Å². The molecular weight excluding hydrogens is 144 g/mol. The van der Waals surface area contributed by atoms with E-state index < -0.39 is 0 Å². The summed E-state index contributed by atoms with van der Waals surface area (Å²) >= 11 is 0. The van der Waals surface area contributed by atoms with Crippen LogP contribution in [0, 0.1) is 5.92 Å². The van der Waals surface area contributed by atoms with Crippen LogP contribution in [0.4, 0.5) is 0 Å². The quantitative estimate of drug-likeness (QED) is 0.470. The zero-order chi connectivity index (χ0) is 8.65. The summed E-state index contributed by atoms with van der Waals surface area (Å²) < 4.78 is 0. The van der Waals surface area contributed by atoms with Gasteiger partial charge in [0, 0.05) is 0 Å². The molecule has 0 heteroatoms. The van der Waals surface area contributed by atoms with Crippen molar-refractivity contribution in [1.29, 1.82) is 0 Å². The van der Waals surface area contributed by atoms with Crippen LogP contribution < -0.4 is 0 Å². The Labute approximate surface area is 77.1 Å². The second-order valence-electron chi connectivity index (χ2n) is 4.16. The molecule has 0 aromatic carbocycles. The van der Waals surface area contributed by atoms with E-state index in [0.717, 1.165) is 5.92 Å². The molecule has 0 radical (unpaired) electrons. The molecule has 12 heavy (non-hydrogen) atoms. The number of hydrogen-bond donors (Lipinski definition) is 0. The topological polar surface area (TPSA) is 0 Å². The van der Waals surface area contributed by atoms with Crippen LogP contribution in [0.5, 0.6) is 0 Å². The van der Waals surface area contributed by atoms with Crippen molar-refractivity contribution in [2.75, 3.05) is 0 Å². The predicted octanol–water partition coefficient (Wildman–Crippen LogP) is 4.31.